The zero-order valence-corrected chi connectivity index (χ0v) is 11.3. The van der Waals surface area contributed by atoms with Crippen molar-refractivity contribution in [3.05, 3.63) is 48.0 Å². The van der Waals surface area contributed by atoms with Crippen LogP contribution < -0.4 is 5.73 Å². The van der Waals surface area contributed by atoms with Gasteiger partial charge in [0.2, 0.25) is 0 Å². The molecule has 0 bridgehead atoms. The Hall–Kier alpha value is -1.61. The van der Waals surface area contributed by atoms with E-state index in [4.69, 9.17) is 5.73 Å². The Kier molecular flexibility index (Phi) is 3.82. The van der Waals surface area contributed by atoms with Crippen molar-refractivity contribution in [1.82, 2.24) is 9.55 Å². The summed E-state index contributed by atoms with van der Waals surface area (Å²) in [6.07, 6.45) is 4.68. The monoisotopic (exact) mass is 243 g/mol. The summed E-state index contributed by atoms with van der Waals surface area (Å²) in [5, 5.41) is 0. The van der Waals surface area contributed by atoms with Crippen molar-refractivity contribution >= 4 is 0 Å². The molecule has 0 aliphatic carbocycles. The number of rotatable bonds is 4. The number of nitrogens with zero attached hydrogens (tertiary/aromatic N) is 2. The molecular formula is C15H21N3. The highest BCUT2D eigenvalue weighted by Gasteiger charge is 2.14. The normalized spacial score (nSPS) is 12.9. The number of aryl methyl sites for hydroxylation is 1. The summed E-state index contributed by atoms with van der Waals surface area (Å²) in [6, 6.07) is 8.41. The second-order valence-electron chi connectivity index (χ2n) is 5.26. The fourth-order valence-electron chi connectivity index (χ4n) is 2.20. The average Bonchev–Trinajstić information content (AvgIpc) is 2.76. The Balaban J connectivity index is 2.33. The van der Waals surface area contributed by atoms with E-state index in [9.17, 15) is 0 Å². The van der Waals surface area contributed by atoms with Crippen molar-refractivity contribution in [2.75, 3.05) is 0 Å². The van der Waals surface area contributed by atoms with E-state index in [0.29, 0.717) is 5.92 Å². The summed E-state index contributed by atoms with van der Waals surface area (Å²) in [7, 11) is 0. The molecule has 96 valence electrons. The summed E-state index contributed by atoms with van der Waals surface area (Å²) >= 11 is 0. The molecule has 0 aliphatic rings. The molecule has 0 radical (unpaired) electrons. The molecule has 3 heteroatoms. The zero-order chi connectivity index (χ0) is 13.1. The van der Waals surface area contributed by atoms with E-state index in [0.717, 1.165) is 17.8 Å². The highest BCUT2D eigenvalue weighted by atomic mass is 15.1. The highest BCUT2D eigenvalue weighted by Crippen LogP contribution is 2.21. The van der Waals surface area contributed by atoms with Gasteiger partial charge in [0.1, 0.15) is 0 Å². The summed E-state index contributed by atoms with van der Waals surface area (Å²) in [5.41, 5.74) is 9.70. The Labute approximate surface area is 109 Å². The largest absolute Gasteiger partial charge is 0.323 e. The van der Waals surface area contributed by atoms with Crippen LogP contribution in [0.1, 0.15) is 37.6 Å². The summed E-state index contributed by atoms with van der Waals surface area (Å²) in [5.74, 6) is 0.584. The first-order chi connectivity index (χ1) is 8.58. The molecule has 0 spiro atoms. The molecule has 18 heavy (non-hydrogen) atoms. The number of aromatic nitrogens is 2. The third-order valence-corrected chi connectivity index (χ3v) is 3.05. The predicted molar refractivity (Wildman–Crippen MR) is 74.7 cm³/mol. The van der Waals surface area contributed by atoms with Crippen molar-refractivity contribution in [3.8, 4) is 5.69 Å². The smallest absolute Gasteiger partial charge is 0.0994 e. The van der Waals surface area contributed by atoms with Gasteiger partial charge in [-0.3, -0.25) is 0 Å². The van der Waals surface area contributed by atoms with E-state index in [2.05, 4.69) is 54.6 Å². The number of hydrogen-bond acceptors (Lipinski definition) is 2. The van der Waals surface area contributed by atoms with Crippen molar-refractivity contribution in [3.63, 3.8) is 0 Å². The molecular weight excluding hydrogens is 222 g/mol. The summed E-state index contributed by atoms with van der Waals surface area (Å²) in [6.45, 7) is 6.47. The van der Waals surface area contributed by atoms with Gasteiger partial charge in [-0.15, -0.1) is 0 Å². The lowest BCUT2D eigenvalue weighted by Crippen LogP contribution is -2.16. The average molecular weight is 243 g/mol. The number of hydrogen-bond donors (Lipinski definition) is 1. The molecule has 1 heterocycles. The first-order valence-corrected chi connectivity index (χ1v) is 6.43. The minimum atomic E-state index is 0.0352. The highest BCUT2D eigenvalue weighted by molar-refractivity contribution is 5.37. The minimum absolute atomic E-state index is 0.0352. The molecule has 0 amide bonds. The predicted octanol–water partition coefficient (Wildman–Crippen LogP) is 3.23. The van der Waals surface area contributed by atoms with Gasteiger partial charge in [0, 0.05) is 11.7 Å². The fraction of sp³-hybridized carbons (Fsp3) is 0.400. The summed E-state index contributed by atoms with van der Waals surface area (Å²) < 4.78 is 2.08. The quantitative estimate of drug-likeness (QED) is 0.896. The van der Waals surface area contributed by atoms with Crippen LogP contribution in [-0.4, -0.2) is 9.55 Å². The van der Waals surface area contributed by atoms with E-state index in [1.165, 1.54) is 5.56 Å². The molecule has 2 aromatic rings. The van der Waals surface area contributed by atoms with Gasteiger partial charge in [-0.2, -0.15) is 0 Å². The first kappa shape index (κ1) is 12.8. The van der Waals surface area contributed by atoms with Gasteiger partial charge in [-0.1, -0.05) is 26.0 Å². The van der Waals surface area contributed by atoms with Gasteiger partial charge >= 0.3 is 0 Å². The van der Waals surface area contributed by atoms with Crippen molar-refractivity contribution < 1.29 is 0 Å². The molecule has 0 saturated heterocycles. The number of imidazole rings is 1. The Morgan fingerprint density at radius 1 is 1.33 bits per heavy atom. The van der Waals surface area contributed by atoms with E-state index < -0.39 is 0 Å². The summed E-state index contributed by atoms with van der Waals surface area (Å²) in [4.78, 5) is 4.24. The van der Waals surface area contributed by atoms with Crippen LogP contribution in [-0.2, 0) is 0 Å². The van der Waals surface area contributed by atoms with Gasteiger partial charge in [0.25, 0.3) is 0 Å². The van der Waals surface area contributed by atoms with Crippen LogP contribution in [0.5, 0.6) is 0 Å². The Bertz CT molecular complexity index is 514. The van der Waals surface area contributed by atoms with Crippen LogP contribution in [0, 0.1) is 12.8 Å². The maximum absolute atomic E-state index is 6.26. The maximum atomic E-state index is 6.26. The first-order valence-electron chi connectivity index (χ1n) is 6.43. The van der Waals surface area contributed by atoms with Crippen LogP contribution in [0.3, 0.4) is 0 Å². The van der Waals surface area contributed by atoms with Crippen molar-refractivity contribution in [2.45, 2.75) is 33.2 Å². The third-order valence-electron chi connectivity index (χ3n) is 3.05. The van der Waals surface area contributed by atoms with E-state index in [1.807, 2.05) is 12.5 Å². The van der Waals surface area contributed by atoms with Gasteiger partial charge in [0.15, 0.2) is 0 Å². The lowest BCUT2D eigenvalue weighted by atomic mass is 10.0. The Morgan fingerprint density at radius 3 is 2.78 bits per heavy atom. The standard InChI is InChI=1S/C15H21N3/c1-11(2)7-14(16)15-9-17-10-18(15)13-6-4-5-12(3)8-13/h4-6,8-11,14H,7,16H2,1-3H3. The molecule has 2 rings (SSSR count). The van der Waals surface area contributed by atoms with Crippen LogP contribution >= 0.6 is 0 Å². The molecule has 1 unspecified atom stereocenters. The van der Waals surface area contributed by atoms with E-state index in [1.54, 1.807) is 0 Å². The Morgan fingerprint density at radius 2 is 2.11 bits per heavy atom. The topological polar surface area (TPSA) is 43.8 Å². The lowest BCUT2D eigenvalue weighted by molar-refractivity contribution is 0.498. The molecule has 0 aliphatic heterocycles. The fourth-order valence-corrected chi connectivity index (χ4v) is 2.20. The lowest BCUT2D eigenvalue weighted by Gasteiger charge is -2.16. The molecule has 3 nitrogen and oxygen atoms in total. The van der Waals surface area contributed by atoms with Crippen molar-refractivity contribution in [2.24, 2.45) is 11.7 Å². The van der Waals surface area contributed by atoms with E-state index in [-0.39, 0.29) is 6.04 Å². The van der Waals surface area contributed by atoms with Gasteiger partial charge < -0.3 is 10.3 Å². The third kappa shape index (κ3) is 2.79. The maximum Gasteiger partial charge on any atom is 0.0994 e. The molecule has 1 aromatic carbocycles. The minimum Gasteiger partial charge on any atom is -0.323 e. The SMILES string of the molecule is Cc1cccc(-n2cncc2C(N)CC(C)C)c1. The second kappa shape index (κ2) is 5.36. The molecule has 0 fully saturated rings. The molecule has 1 aromatic heterocycles. The van der Waals surface area contributed by atoms with E-state index >= 15 is 0 Å². The molecule has 2 N–H and O–H groups in total. The van der Waals surface area contributed by atoms with Gasteiger partial charge in [-0.25, -0.2) is 4.98 Å². The van der Waals surface area contributed by atoms with Crippen LogP contribution in [0.25, 0.3) is 5.69 Å². The van der Waals surface area contributed by atoms with Crippen molar-refractivity contribution in [1.29, 1.82) is 0 Å². The van der Waals surface area contributed by atoms with Gasteiger partial charge in [-0.05, 0) is 37.0 Å². The molecule has 1 atom stereocenters. The number of benzene rings is 1. The zero-order valence-electron chi connectivity index (χ0n) is 11.3. The number of nitrogens with two attached hydrogens (primary N) is 1. The second-order valence-corrected chi connectivity index (χ2v) is 5.26. The van der Waals surface area contributed by atoms with Crippen LogP contribution in [0.4, 0.5) is 0 Å². The van der Waals surface area contributed by atoms with Gasteiger partial charge in [0.05, 0.1) is 18.2 Å². The van der Waals surface area contributed by atoms with Crippen LogP contribution in [0.2, 0.25) is 0 Å². The van der Waals surface area contributed by atoms with Crippen LogP contribution in [0.15, 0.2) is 36.8 Å². The molecule has 0 saturated carbocycles.